The Morgan fingerprint density at radius 3 is 0.846 bits per heavy atom. The molecular weight excluding hydrogens is 1190 g/mol. The van der Waals surface area contributed by atoms with Gasteiger partial charge in [-0.1, -0.05) is 227 Å². The minimum Gasteiger partial charge on any atom is -0.463 e. The van der Waals surface area contributed by atoms with Gasteiger partial charge < -0.3 is 34.2 Å². The highest BCUT2D eigenvalue weighted by molar-refractivity contribution is 7.47. The number of ether oxygens (including phenoxy) is 3. The van der Waals surface area contributed by atoms with Crippen LogP contribution in [0.5, 0.6) is 0 Å². The lowest BCUT2D eigenvalue weighted by Gasteiger charge is -2.21. The van der Waals surface area contributed by atoms with Crippen molar-refractivity contribution in [3.63, 3.8) is 0 Å². The number of aliphatic hydroxyl groups excluding tert-OH is 2. The molecule has 508 valence electrons. The molecule has 0 fully saturated rings. The van der Waals surface area contributed by atoms with E-state index < -0.39 is 91.5 Å². The third-order valence-corrected chi connectivity index (χ3v) is 13.9. The highest BCUT2D eigenvalue weighted by atomic mass is 31.2. The second-order valence-electron chi connectivity index (χ2n) is 20.4. The zero-order chi connectivity index (χ0) is 66.7. The van der Waals surface area contributed by atoms with Crippen molar-refractivity contribution in [2.24, 2.45) is 0 Å². The van der Waals surface area contributed by atoms with Gasteiger partial charge in [-0.3, -0.25) is 32.5 Å². The third kappa shape index (κ3) is 65.4. The normalized spacial score (nSPS) is 15.5. The molecule has 0 amide bonds. The first-order valence-electron chi connectivity index (χ1n) is 32.4. The number of aliphatic hydroxyl groups is 2. The van der Waals surface area contributed by atoms with Crippen LogP contribution < -0.4 is 0 Å². The van der Waals surface area contributed by atoms with E-state index in [2.05, 4.69) is 179 Å². The summed E-state index contributed by atoms with van der Waals surface area (Å²) in [6.07, 6.45) is 83.5. The molecule has 0 aromatic carbocycles. The van der Waals surface area contributed by atoms with E-state index in [4.69, 9.17) is 32.3 Å². The summed E-state index contributed by atoms with van der Waals surface area (Å²) < 4.78 is 60.6. The van der Waals surface area contributed by atoms with Gasteiger partial charge >= 0.3 is 33.6 Å². The van der Waals surface area contributed by atoms with Crippen LogP contribution in [-0.2, 0) is 55.8 Å². The first kappa shape index (κ1) is 85.1. The summed E-state index contributed by atoms with van der Waals surface area (Å²) in [5.74, 6) is -1.85. The van der Waals surface area contributed by atoms with Gasteiger partial charge in [0.15, 0.2) is 6.10 Å². The van der Waals surface area contributed by atoms with Crippen molar-refractivity contribution in [1.29, 1.82) is 0 Å². The smallest absolute Gasteiger partial charge is 0.463 e. The topological polar surface area (TPSA) is 231 Å². The van der Waals surface area contributed by atoms with Gasteiger partial charge in [-0.05, 0) is 135 Å². The second kappa shape index (κ2) is 64.2. The summed E-state index contributed by atoms with van der Waals surface area (Å²) in [4.78, 5) is 58.2. The summed E-state index contributed by atoms with van der Waals surface area (Å²) in [6.45, 7) is 2.00. The number of hydrogen-bond acceptors (Lipinski definition) is 14. The average Bonchev–Trinajstić information content (AvgIpc) is 3.02. The molecule has 16 nitrogen and oxygen atoms in total. The van der Waals surface area contributed by atoms with Crippen LogP contribution in [0.3, 0.4) is 0 Å². The summed E-state index contributed by atoms with van der Waals surface area (Å²) in [7, 11) is -9.86. The van der Waals surface area contributed by atoms with Gasteiger partial charge in [0.05, 0.1) is 26.4 Å². The number of carbonyl (C=O) groups excluding carboxylic acids is 3. The van der Waals surface area contributed by atoms with Gasteiger partial charge in [0, 0.05) is 19.3 Å². The second-order valence-corrected chi connectivity index (χ2v) is 23.3. The minimum atomic E-state index is -4.97. The fraction of sp³-hybridized carbons (Fsp3) is 0.493. The van der Waals surface area contributed by atoms with Gasteiger partial charge in [0.1, 0.15) is 25.4 Å². The van der Waals surface area contributed by atoms with E-state index in [1.165, 1.54) is 0 Å². The molecule has 0 aliphatic heterocycles. The van der Waals surface area contributed by atoms with E-state index in [0.29, 0.717) is 38.5 Å². The highest BCUT2D eigenvalue weighted by Crippen LogP contribution is 2.45. The summed E-state index contributed by atoms with van der Waals surface area (Å²) in [5, 5.41) is 20.5. The maximum absolute atomic E-state index is 12.9. The van der Waals surface area contributed by atoms with Crippen molar-refractivity contribution in [3.05, 3.63) is 207 Å². The molecule has 5 atom stereocenters. The molecule has 0 rings (SSSR count). The van der Waals surface area contributed by atoms with Gasteiger partial charge in [0.25, 0.3) is 0 Å². The summed E-state index contributed by atoms with van der Waals surface area (Å²) in [6, 6.07) is 0. The predicted octanol–water partition coefficient (Wildman–Crippen LogP) is 17.9. The third-order valence-electron chi connectivity index (χ3n) is 12.0. The summed E-state index contributed by atoms with van der Waals surface area (Å²) in [5.41, 5.74) is 0. The largest absolute Gasteiger partial charge is 0.472 e. The first-order valence-corrected chi connectivity index (χ1v) is 35.4. The van der Waals surface area contributed by atoms with E-state index in [1.54, 1.807) is 0 Å². The van der Waals surface area contributed by atoms with Crippen LogP contribution >= 0.6 is 15.6 Å². The Hall–Kier alpha value is -5.87. The monoisotopic (exact) mass is 1300 g/mol. The number of allylic oxidation sites excluding steroid dienone is 34. The number of phosphoric ester groups is 2. The molecule has 0 aromatic heterocycles. The Balaban J connectivity index is 4.94. The van der Waals surface area contributed by atoms with Crippen molar-refractivity contribution in [2.45, 2.75) is 193 Å². The molecule has 91 heavy (non-hydrogen) atoms. The predicted molar refractivity (Wildman–Crippen MR) is 370 cm³/mol. The fourth-order valence-corrected chi connectivity index (χ4v) is 8.77. The molecule has 0 saturated carbocycles. The lowest BCUT2D eigenvalue weighted by Crippen LogP contribution is -2.30. The molecule has 18 heteroatoms. The Bertz CT molecular complexity index is 2480. The average molecular weight is 1310 g/mol. The van der Waals surface area contributed by atoms with Crippen molar-refractivity contribution < 1.29 is 75.8 Å². The highest BCUT2D eigenvalue weighted by Gasteiger charge is 2.29. The zero-order valence-electron chi connectivity index (χ0n) is 54.7. The van der Waals surface area contributed by atoms with E-state index in [0.717, 1.165) is 96.3 Å². The van der Waals surface area contributed by atoms with E-state index >= 15 is 0 Å². The Labute approximate surface area is 546 Å². The molecule has 0 aliphatic rings. The fourth-order valence-electron chi connectivity index (χ4n) is 7.18. The molecule has 0 heterocycles. The van der Waals surface area contributed by atoms with Crippen molar-refractivity contribution in [1.82, 2.24) is 0 Å². The molecule has 0 aromatic rings. The van der Waals surface area contributed by atoms with Gasteiger partial charge in [-0.15, -0.1) is 0 Å². The first-order chi connectivity index (χ1) is 44.2. The standard InChI is InChI=1S/C73H110O16P2/c1-4-7-10-13-16-19-22-25-28-31-33-36-38-41-44-47-50-53-56-59-71(76)83-62-68(74)63-85-90(79,80)86-64-69(75)65-87-91(81,82)88-67-70(89-73(78)61-58-55-52-49-46-43-40-35-30-27-24-21-18-15-12-9-6-3)66-84-72(77)60-57-54-51-48-45-42-39-37-34-32-29-26-23-20-17-14-11-8-5-2/h7-12,16-21,25-30,33-34,36-37,40-45,49-54,68-70,74-75H,4-6,13-15,22-24,31-32,35,38-39,46-48,55-67H2,1-3H3,(H,79,80)(H,81,82)/b10-7-,11-8-,12-9-,19-16-,20-17-,21-18-,28-25-,29-26-,30-27-,36-33-,37-34-,43-40-,44-41-,45-42-,52-49-,53-50-,54-51-. The van der Waals surface area contributed by atoms with Crippen LogP contribution in [0.2, 0.25) is 0 Å². The molecule has 0 bridgehead atoms. The minimum absolute atomic E-state index is 0.00191. The molecule has 4 N–H and O–H groups in total. The van der Waals surface area contributed by atoms with Gasteiger partial charge in [-0.25, -0.2) is 9.13 Å². The van der Waals surface area contributed by atoms with Crippen LogP contribution in [0.25, 0.3) is 0 Å². The number of rotatable bonds is 58. The van der Waals surface area contributed by atoms with Crippen molar-refractivity contribution in [3.8, 4) is 0 Å². The number of phosphoric acid groups is 2. The molecule has 0 aliphatic carbocycles. The molecule has 0 spiro atoms. The SMILES string of the molecule is CC/C=C\C/C=C\C/C=C\C/C=C\C/C=C\C/C=C\CCC(=O)OCC(O)COP(=O)(O)OCC(O)COP(=O)(O)OCC(COC(=O)CC/C=C\C/C=C\C/C=C\C/C=C\C/C=C\C/C=C\CC)OC(=O)CCC/C=C\C/C=C\C/C=C\C/C=C\C/C=C\CC. The zero-order valence-corrected chi connectivity index (χ0v) is 56.4. The van der Waals surface area contributed by atoms with E-state index in [1.807, 2.05) is 48.6 Å². The maximum atomic E-state index is 12.9. The lowest BCUT2D eigenvalue weighted by atomic mass is 10.2. The number of esters is 3. The molecule has 0 saturated heterocycles. The quantitative estimate of drug-likeness (QED) is 0.0146. The van der Waals surface area contributed by atoms with Gasteiger partial charge in [0.2, 0.25) is 0 Å². The van der Waals surface area contributed by atoms with Crippen molar-refractivity contribution >= 4 is 33.6 Å². The van der Waals surface area contributed by atoms with E-state index in [-0.39, 0.29) is 19.3 Å². The Kier molecular flexibility index (Phi) is 60.1. The van der Waals surface area contributed by atoms with Crippen molar-refractivity contribution in [2.75, 3.05) is 39.6 Å². The Morgan fingerprint density at radius 2 is 0.549 bits per heavy atom. The number of hydrogen-bond donors (Lipinski definition) is 4. The molecule has 5 unspecified atom stereocenters. The number of carbonyl (C=O) groups is 3. The van der Waals surface area contributed by atoms with Crippen LogP contribution in [0.4, 0.5) is 0 Å². The van der Waals surface area contributed by atoms with Gasteiger partial charge in [-0.2, -0.15) is 0 Å². The molecular formula is C73H110O16P2. The number of unbranched alkanes of at least 4 members (excludes halogenated alkanes) is 1. The maximum Gasteiger partial charge on any atom is 0.472 e. The van der Waals surface area contributed by atoms with E-state index in [9.17, 15) is 43.5 Å². The van der Waals surface area contributed by atoms with Crippen LogP contribution in [0, 0.1) is 0 Å². The van der Waals surface area contributed by atoms with Crippen LogP contribution in [0.15, 0.2) is 207 Å². The lowest BCUT2D eigenvalue weighted by molar-refractivity contribution is -0.161. The Morgan fingerprint density at radius 1 is 0.308 bits per heavy atom. The van der Waals surface area contributed by atoms with Crippen LogP contribution in [-0.4, -0.2) is 95.9 Å². The molecule has 0 radical (unpaired) electrons. The summed E-state index contributed by atoms with van der Waals surface area (Å²) >= 11 is 0. The van der Waals surface area contributed by atoms with Crippen LogP contribution in [0.1, 0.15) is 175 Å².